The topological polar surface area (TPSA) is 49.5 Å². The van der Waals surface area contributed by atoms with Gasteiger partial charge in [-0.15, -0.1) is 0 Å². The van der Waals surface area contributed by atoms with Crippen LogP contribution < -0.4 is 5.73 Å². The molecule has 2 rings (SSSR count). The van der Waals surface area contributed by atoms with E-state index in [9.17, 15) is 5.11 Å². The number of likely N-dealkylation sites (tertiary alicyclic amines) is 1. The Kier molecular flexibility index (Phi) is 6.01. The Morgan fingerprint density at radius 2 is 2.00 bits per heavy atom. The first kappa shape index (κ1) is 17.5. The number of hydrogen-bond donors (Lipinski definition) is 2. The molecule has 0 bridgehead atoms. The van der Waals surface area contributed by atoms with Crippen LogP contribution in [-0.2, 0) is 6.54 Å². The third-order valence-electron chi connectivity index (χ3n) is 4.88. The molecule has 3 nitrogen and oxygen atoms in total. The average Bonchev–Trinajstić information content (AvgIpc) is 2.41. The molecule has 0 amide bonds. The standard InChI is InChI=1S/C19H32N2O/c1-13(2)19(22)9-16-8-18(20)12-21(10-16)11-17-6-5-14(3)7-15(17)4/h5-7,13,16,18-19,22H,8-12,20H2,1-4H3. The van der Waals surface area contributed by atoms with Crippen molar-refractivity contribution in [3.05, 3.63) is 34.9 Å². The lowest BCUT2D eigenvalue weighted by molar-refractivity contribution is 0.0641. The van der Waals surface area contributed by atoms with Gasteiger partial charge >= 0.3 is 0 Å². The number of nitrogens with two attached hydrogens (primary N) is 1. The third-order valence-corrected chi connectivity index (χ3v) is 4.88. The lowest BCUT2D eigenvalue weighted by Crippen LogP contribution is -2.47. The third kappa shape index (κ3) is 4.80. The van der Waals surface area contributed by atoms with Gasteiger partial charge in [0.25, 0.3) is 0 Å². The first-order valence-electron chi connectivity index (χ1n) is 8.57. The molecule has 1 aliphatic heterocycles. The van der Waals surface area contributed by atoms with Gasteiger partial charge in [0.05, 0.1) is 6.10 Å². The molecule has 0 aromatic heterocycles. The SMILES string of the molecule is Cc1ccc(CN2CC(N)CC(CC(O)C(C)C)C2)c(C)c1. The minimum Gasteiger partial charge on any atom is -0.393 e. The molecule has 3 atom stereocenters. The Morgan fingerprint density at radius 3 is 2.64 bits per heavy atom. The lowest BCUT2D eigenvalue weighted by atomic mass is 9.87. The van der Waals surface area contributed by atoms with E-state index in [4.69, 9.17) is 5.73 Å². The van der Waals surface area contributed by atoms with Gasteiger partial charge in [-0.3, -0.25) is 4.90 Å². The highest BCUT2D eigenvalue weighted by Gasteiger charge is 2.27. The van der Waals surface area contributed by atoms with Crippen molar-refractivity contribution in [3.63, 3.8) is 0 Å². The summed E-state index contributed by atoms with van der Waals surface area (Å²) in [5, 5.41) is 10.2. The van der Waals surface area contributed by atoms with Crippen molar-refractivity contribution in [1.82, 2.24) is 4.90 Å². The van der Waals surface area contributed by atoms with Gasteiger partial charge < -0.3 is 10.8 Å². The summed E-state index contributed by atoms with van der Waals surface area (Å²) < 4.78 is 0. The zero-order valence-corrected chi connectivity index (χ0v) is 14.5. The molecule has 124 valence electrons. The normalized spacial score (nSPS) is 24.7. The van der Waals surface area contributed by atoms with E-state index in [2.05, 4.69) is 50.8 Å². The second-order valence-corrected chi connectivity index (χ2v) is 7.53. The molecule has 1 saturated heterocycles. The van der Waals surface area contributed by atoms with E-state index in [1.54, 1.807) is 0 Å². The van der Waals surface area contributed by atoms with E-state index in [0.717, 1.165) is 32.5 Å². The van der Waals surface area contributed by atoms with Crippen LogP contribution in [0.15, 0.2) is 18.2 Å². The molecule has 22 heavy (non-hydrogen) atoms. The largest absolute Gasteiger partial charge is 0.393 e. The van der Waals surface area contributed by atoms with Crippen LogP contribution >= 0.6 is 0 Å². The van der Waals surface area contributed by atoms with Crippen LogP contribution in [0.3, 0.4) is 0 Å². The van der Waals surface area contributed by atoms with E-state index in [1.165, 1.54) is 16.7 Å². The van der Waals surface area contributed by atoms with Crippen molar-refractivity contribution >= 4 is 0 Å². The number of nitrogens with zero attached hydrogens (tertiary/aromatic N) is 1. The first-order valence-corrected chi connectivity index (χ1v) is 8.57. The molecule has 3 heteroatoms. The maximum atomic E-state index is 10.2. The molecule has 0 saturated carbocycles. The highest BCUT2D eigenvalue weighted by molar-refractivity contribution is 5.30. The van der Waals surface area contributed by atoms with Crippen LogP contribution in [0.1, 0.15) is 43.4 Å². The van der Waals surface area contributed by atoms with Crippen LogP contribution in [-0.4, -0.2) is 35.2 Å². The Morgan fingerprint density at radius 1 is 1.27 bits per heavy atom. The number of aliphatic hydroxyl groups excluding tert-OH is 1. The van der Waals surface area contributed by atoms with Crippen LogP contribution in [0.2, 0.25) is 0 Å². The number of rotatable bonds is 5. The Hall–Kier alpha value is -0.900. The summed E-state index contributed by atoms with van der Waals surface area (Å²) in [4.78, 5) is 2.46. The van der Waals surface area contributed by atoms with Crippen LogP contribution in [0.5, 0.6) is 0 Å². The highest BCUT2D eigenvalue weighted by atomic mass is 16.3. The Labute approximate surface area is 135 Å². The summed E-state index contributed by atoms with van der Waals surface area (Å²) in [5.41, 5.74) is 10.3. The van der Waals surface area contributed by atoms with Crippen molar-refractivity contribution in [2.75, 3.05) is 13.1 Å². The lowest BCUT2D eigenvalue weighted by Gasteiger charge is -2.37. The Bertz CT molecular complexity index is 486. The summed E-state index contributed by atoms with van der Waals surface area (Å²) in [6, 6.07) is 6.90. The molecule has 1 fully saturated rings. The fraction of sp³-hybridized carbons (Fsp3) is 0.684. The molecule has 3 N–H and O–H groups in total. The van der Waals surface area contributed by atoms with Gasteiger partial charge in [0, 0.05) is 25.7 Å². The van der Waals surface area contributed by atoms with E-state index < -0.39 is 0 Å². The number of benzene rings is 1. The molecule has 0 radical (unpaired) electrons. The molecule has 1 aliphatic rings. The predicted molar refractivity (Wildman–Crippen MR) is 92.7 cm³/mol. The van der Waals surface area contributed by atoms with Crippen molar-refractivity contribution in [2.45, 2.75) is 59.2 Å². The highest BCUT2D eigenvalue weighted by Crippen LogP contribution is 2.25. The van der Waals surface area contributed by atoms with Gasteiger partial charge in [-0.2, -0.15) is 0 Å². The zero-order chi connectivity index (χ0) is 16.3. The molecule has 1 heterocycles. The van der Waals surface area contributed by atoms with Gasteiger partial charge in [-0.05, 0) is 49.7 Å². The van der Waals surface area contributed by atoms with Crippen molar-refractivity contribution < 1.29 is 5.11 Å². The fourth-order valence-electron chi connectivity index (χ4n) is 3.53. The number of aryl methyl sites for hydroxylation is 2. The van der Waals surface area contributed by atoms with Crippen LogP contribution in [0, 0.1) is 25.7 Å². The number of piperidine rings is 1. The summed E-state index contributed by atoms with van der Waals surface area (Å²) in [6.07, 6.45) is 1.69. The number of aliphatic hydroxyl groups is 1. The minimum absolute atomic E-state index is 0.210. The van der Waals surface area contributed by atoms with Crippen molar-refractivity contribution in [1.29, 1.82) is 0 Å². The smallest absolute Gasteiger partial charge is 0.0566 e. The molecule has 1 aromatic carbocycles. The molecule has 0 aliphatic carbocycles. The molecule has 0 spiro atoms. The molecule has 3 unspecified atom stereocenters. The van der Waals surface area contributed by atoms with Gasteiger partial charge in [0.2, 0.25) is 0 Å². The van der Waals surface area contributed by atoms with Crippen molar-refractivity contribution in [3.8, 4) is 0 Å². The minimum atomic E-state index is -0.210. The quantitative estimate of drug-likeness (QED) is 0.879. The molecule has 1 aromatic rings. The van der Waals surface area contributed by atoms with E-state index in [0.29, 0.717) is 11.8 Å². The maximum absolute atomic E-state index is 10.2. The summed E-state index contributed by atoms with van der Waals surface area (Å²) >= 11 is 0. The molecular formula is C19H32N2O. The van der Waals surface area contributed by atoms with Gasteiger partial charge in [0.1, 0.15) is 0 Å². The zero-order valence-electron chi connectivity index (χ0n) is 14.5. The maximum Gasteiger partial charge on any atom is 0.0566 e. The first-order chi connectivity index (χ1) is 10.3. The Balaban J connectivity index is 1.98. The van der Waals surface area contributed by atoms with Gasteiger partial charge in [-0.1, -0.05) is 37.6 Å². The monoisotopic (exact) mass is 304 g/mol. The average molecular weight is 304 g/mol. The molecular weight excluding hydrogens is 272 g/mol. The fourth-order valence-corrected chi connectivity index (χ4v) is 3.53. The van der Waals surface area contributed by atoms with E-state index in [1.807, 2.05) is 0 Å². The van der Waals surface area contributed by atoms with Crippen LogP contribution in [0.4, 0.5) is 0 Å². The summed E-state index contributed by atoms with van der Waals surface area (Å²) in [6.45, 7) is 11.5. The van der Waals surface area contributed by atoms with Crippen molar-refractivity contribution in [2.24, 2.45) is 17.6 Å². The number of hydrogen-bond acceptors (Lipinski definition) is 3. The van der Waals surface area contributed by atoms with Crippen LogP contribution in [0.25, 0.3) is 0 Å². The predicted octanol–water partition coefficient (Wildman–Crippen LogP) is 2.86. The second kappa shape index (κ2) is 7.58. The summed E-state index contributed by atoms with van der Waals surface area (Å²) in [5.74, 6) is 0.831. The van der Waals surface area contributed by atoms with E-state index in [-0.39, 0.29) is 12.1 Å². The van der Waals surface area contributed by atoms with Gasteiger partial charge in [0.15, 0.2) is 0 Å². The van der Waals surface area contributed by atoms with Gasteiger partial charge in [-0.25, -0.2) is 0 Å². The second-order valence-electron chi connectivity index (χ2n) is 7.53. The van der Waals surface area contributed by atoms with E-state index >= 15 is 0 Å². The summed E-state index contributed by atoms with van der Waals surface area (Å²) in [7, 11) is 0.